The summed E-state index contributed by atoms with van der Waals surface area (Å²) in [6.45, 7) is 8.37. The van der Waals surface area contributed by atoms with Gasteiger partial charge in [-0.2, -0.15) is 0 Å². The highest BCUT2D eigenvalue weighted by Gasteiger charge is 2.05. The number of hydrogen-bond donors (Lipinski definition) is 1. The zero-order valence-corrected chi connectivity index (χ0v) is 11.9. The molecule has 106 valence electrons. The lowest BCUT2D eigenvalue weighted by Crippen LogP contribution is -2.27. The Hall–Kier alpha value is -0.830. The maximum Gasteiger partial charge on any atom is 0.304 e. The average molecular weight is 255 g/mol. The number of nitrogens with zero attached hydrogens (tertiary/aromatic N) is 1. The number of carboxylic acids is 1. The van der Waals surface area contributed by atoms with E-state index in [1.807, 2.05) is 6.08 Å². The van der Waals surface area contributed by atoms with Crippen molar-refractivity contribution in [3.05, 3.63) is 12.7 Å². The lowest BCUT2D eigenvalue weighted by molar-refractivity contribution is -0.137. The van der Waals surface area contributed by atoms with Gasteiger partial charge in [-0.3, -0.25) is 9.69 Å². The first kappa shape index (κ1) is 17.2. The van der Waals surface area contributed by atoms with E-state index in [-0.39, 0.29) is 6.42 Å². The molecule has 0 aliphatic heterocycles. The molecule has 0 aliphatic carbocycles. The highest BCUT2D eigenvalue weighted by Crippen LogP contribution is 2.07. The minimum atomic E-state index is -0.719. The fourth-order valence-electron chi connectivity index (χ4n) is 2.02. The van der Waals surface area contributed by atoms with Crippen LogP contribution >= 0.6 is 0 Å². The fourth-order valence-corrected chi connectivity index (χ4v) is 2.02. The molecule has 0 saturated heterocycles. The smallest absolute Gasteiger partial charge is 0.304 e. The average Bonchev–Trinajstić information content (AvgIpc) is 2.34. The van der Waals surface area contributed by atoms with Gasteiger partial charge in [0, 0.05) is 13.1 Å². The molecule has 0 heterocycles. The Labute approximate surface area is 112 Å². The van der Waals surface area contributed by atoms with Crippen LogP contribution < -0.4 is 0 Å². The lowest BCUT2D eigenvalue weighted by atomic mass is 10.1. The molecule has 0 spiro atoms. The van der Waals surface area contributed by atoms with Crippen LogP contribution in [0.15, 0.2) is 12.7 Å². The molecule has 0 saturated carbocycles. The van der Waals surface area contributed by atoms with Crippen LogP contribution in [0.2, 0.25) is 0 Å². The van der Waals surface area contributed by atoms with Crippen LogP contribution in [0, 0.1) is 0 Å². The van der Waals surface area contributed by atoms with E-state index in [4.69, 9.17) is 5.11 Å². The Morgan fingerprint density at radius 2 is 1.72 bits per heavy atom. The van der Waals surface area contributed by atoms with Crippen LogP contribution in [0.3, 0.4) is 0 Å². The summed E-state index contributed by atoms with van der Waals surface area (Å²) in [6.07, 6.45) is 11.1. The van der Waals surface area contributed by atoms with Crippen molar-refractivity contribution in [2.45, 2.75) is 58.3 Å². The maximum absolute atomic E-state index is 10.5. The predicted octanol–water partition coefficient (Wildman–Crippen LogP) is 3.70. The summed E-state index contributed by atoms with van der Waals surface area (Å²) in [5.41, 5.74) is 0. The standard InChI is InChI=1S/C15H29NO2/c1-3-5-6-7-8-9-10-13-16(12-4-2)14-11-15(17)18/h4H,2-3,5-14H2,1H3,(H,17,18). The van der Waals surface area contributed by atoms with Crippen molar-refractivity contribution in [1.82, 2.24) is 4.90 Å². The third-order valence-corrected chi connectivity index (χ3v) is 3.11. The highest BCUT2D eigenvalue weighted by molar-refractivity contribution is 5.66. The number of unbranched alkanes of at least 4 members (excludes halogenated alkanes) is 6. The molecular formula is C15H29NO2. The molecule has 3 nitrogen and oxygen atoms in total. The molecule has 3 heteroatoms. The van der Waals surface area contributed by atoms with E-state index >= 15 is 0 Å². The Balaban J connectivity index is 3.50. The van der Waals surface area contributed by atoms with E-state index in [1.165, 1.54) is 44.9 Å². The number of carbonyl (C=O) groups is 1. The fraction of sp³-hybridized carbons (Fsp3) is 0.800. The normalized spacial score (nSPS) is 10.8. The first-order valence-corrected chi connectivity index (χ1v) is 7.25. The van der Waals surface area contributed by atoms with Gasteiger partial charge in [0.15, 0.2) is 0 Å². The second kappa shape index (κ2) is 12.6. The molecule has 0 fully saturated rings. The molecule has 0 bridgehead atoms. The molecular weight excluding hydrogens is 226 g/mol. The number of aliphatic carboxylic acids is 1. The van der Waals surface area contributed by atoms with Crippen LogP contribution in [0.4, 0.5) is 0 Å². The molecule has 0 aromatic rings. The van der Waals surface area contributed by atoms with Crippen molar-refractivity contribution in [3.8, 4) is 0 Å². The first-order valence-electron chi connectivity index (χ1n) is 7.25. The first-order chi connectivity index (χ1) is 8.70. The van der Waals surface area contributed by atoms with Crippen molar-refractivity contribution >= 4 is 5.97 Å². The molecule has 0 atom stereocenters. The van der Waals surface area contributed by atoms with Crippen molar-refractivity contribution in [1.29, 1.82) is 0 Å². The van der Waals surface area contributed by atoms with E-state index in [1.54, 1.807) is 0 Å². The Morgan fingerprint density at radius 3 is 2.28 bits per heavy atom. The van der Waals surface area contributed by atoms with Gasteiger partial charge in [0.1, 0.15) is 0 Å². The zero-order valence-electron chi connectivity index (χ0n) is 11.9. The van der Waals surface area contributed by atoms with Gasteiger partial charge in [-0.1, -0.05) is 51.5 Å². The summed E-state index contributed by atoms with van der Waals surface area (Å²) < 4.78 is 0. The van der Waals surface area contributed by atoms with Crippen LogP contribution in [-0.4, -0.2) is 35.6 Å². The molecule has 0 amide bonds. The second-order valence-electron chi connectivity index (χ2n) is 4.85. The summed E-state index contributed by atoms with van der Waals surface area (Å²) in [5, 5.41) is 8.67. The molecule has 0 aliphatic rings. The molecule has 1 N–H and O–H groups in total. The van der Waals surface area contributed by atoms with Crippen molar-refractivity contribution in [2.24, 2.45) is 0 Å². The van der Waals surface area contributed by atoms with E-state index in [2.05, 4.69) is 18.4 Å². The van der Waals surface area contributed by atoms with Crippen molar-refractivity contribution in [3.63, 3.8) is 0 Å². The minimum Gasteiger partial charge on any atom is -0.481 e. The molecule has 0 aromatic heterocycles. The summed E-state index contributed by atoms with van der Waals surface area (Å²) >= 11 is 0. The van der Waals surface area contributed by atoms with Crippen molar-refractivity contribution in [2.75, 3.05) is 19.6 Å². The van der Waals surface area contributed by atoms with E-state index < -0.39 is 5.97 Å². The molecule has 0 unspecified atom stereocenters. The van der Waals surface area contributed by atoms with Crippen LogP contribution in [0.25, 0.3) is 0 Å². The van der Waals surface area contributed by atoms with E-state index in [0.29, 0.717) is 6.54 Å². The van der Waals surface area contributed by atoms with Crippen LogP contribution in [-0.2, 0) is 4.79 Å². The molecule has 18 heavy (non-hydrogen) atoms. The monoisotopic (exact) mass is 255 g/mol. The largest absolute Gasteiger partial charge is 0.481 e. The Kier molecular flexibility index (Phi) is 12.0. The highest BCUT2D eigenvalue weighted by atomic mass is 16.4. The zero-order chi connectivity index (χ0) is 13.6. The van der Waals surface area contributed by atoms with Gasteiger partial charge in [-0.15, -0.1) is 6.58 Å². The Morgan fingerprint density at radius 1 is 1.11 bits per heavy atom. The van der Waals surface area contributed by atoms with Gasteiger partial charge in [-0.25, -0.2) is 0 Å². The van der Waals surface area contributed by atoms with Crippen LogP contribution in [0.5, 0.6) is 0 Å². The number of carboxylic acid groups (broad SMARTS) is 1. The van der Waals surface area contributed by atoms with Gasteiger partial charge in [0.25, 0.3) is 0 Å². The van der Waals surface area contributed by atoms with Gasteiger partial charge in [0.05, 0.1) is 6.42 Å². The molecule has 0 aromatic carbocycles. The number of hydrogen-bond acceptors (Lipinski definition) is 2. The van der Waals surface area contributed by atoms with Gasteiger partial charge in [-0.05, 0) is 13.0 Å². The van der Waals surface area contributed by atoms with Gasteiger partial charge < -0.3 is 5.11 Å². The summed E-state index contributed by atoms with van der Waals surface area (Å²) in [6, 6.07) is 0. The summed E-state index contributed by atoms with van der Waals surface area (Å²) in [7, 11) is 0. The maximum atomic E-state index is 10.5. The lowest BCUT2D eigenvalue weighted by Gasteiger charge is -2.19. The predicted molar refractivity (Wildman–Crippen MR) is 76.9 cm³/mol. The van der Waals surface area contributed by atoms with E-state index in [0.717, 1.165) is 13.1 Å². The quantitative estimate of drug-likeness (QED) is 0.403. The minimum absolute atomic E-state index is 0.227. The molecule has 0 rings (SSSR count). The number of rotatable bonds is 13. The van der Waals surface area contributed by atoms with Crippen LogP contribution in [0.1, 0.15) is 58.3 Å². The van der Waals surface area contributed by atoms with E-state index in [9.17, 15) is 4.79 Å². The van der Waals surface area contributed by atoms with Gasteiger partial charge >= 0.3 is 5.97 Å². The van der Waals surface area contributed by atoms with Gasteiger partial charge in [0.2, 0.25) is 0 Å². The third kappa shape index (κ3) is 11.6. The Bertz CT molecular complexity index is 217. The van der Waals surface area contributed by atoms with Crippen molar-refractivity contribution < 1.29 is 9.90 Å². The molecule has 0 radical (unpaired) electrons. The summed E-state index contributed by atoms with van der Waals surface area (Å²) in [5.74, 6) is -0.719. The SMILES string of the molecule is C=CCN(CCCCCCCCC)CCC(=O)O. The topological polar surface area (TPSA) is 40.5 Å². The summed E-state index contributed by atoms with van der Waals surface area (Å²) in [4.78, 5) is 12.7. The second-order valence-corrected chi connectivity index (χ2v) is 4.85. The third-order valence-electron chi connectivity index (χ3n) is 3.11.